The number of aromatic nitrogens is 2. The summed E-state index contributed by atoms with van der Waals surface area (Å²) in [5, 5.41) is 10.7. The van der Waals surface area contributed by atoms with Gasteiger partial charge in [-0.2, -0.15) is 5.10 Å². The van der Waals surface area contributed by atoms with E-state index >= 15 is 0 Å². The highest BCUT2D eigenvalue weighted by Crippen LogP contribution is 2.19. The highest BCUT2D eigenvalue weighted by atomic mass is 15.2. The molecule has 2 rings (SSSR count). The van der Waals surface area contributed by atoms with E-state index in [0.717, 1.165) is 24.6 Å². The Hall–Kier alpha value is -2.30. The molecule has 0 radical (unpaired) electrons. The van der Waals surface area contributed by atoms with Gasteiger partial charge in [0.2, 0.25) is 0 Å². The molecule has 112 valence electrons. The molecule has 0 spiro atoms. The summed E-state index contributed by atoms with van der Waals surface area (Å²) in [5.41, 5.74) is 3.48. The summed E-state index contributed by atoms with van der Waals surface area (Å²) in [6, 6.07) is 8.42. The molecule has 0 aliphatic carbocycles. The Kier molecular flexibility index (Phi) is 5.37. The molecule has 5 nitrogen and oxygen atoms in total. The highest BCUT2D eigenvalue weighted by Gasteiger charge is 2.02. The van der Waals surface area contributed by atoms with Crippen LogP contribution in [0.25, 0.3) is 11.1 Å². The minimum Gasteiger partial charge on any atom is -0.357 e. The quantitative estimate of drug-likeness (QED) is 0.654. The number of aliphatic imine (C=N–C) groups is 1. The summed E-state index contributed by atoms with van der Waals surface area (Å²) >= 11 is 0. The first-order valence-corrected chi connectivity index (χ1v) is 7.33. The van der Waals surface area contributed by atoms with Gasteiger partial charge in [-0.3, -0.25) is 4.68 Å². The van der Waals surface area contributed by atoms with Gasteiger partial charge in [0.1, 0.15) is 0 Å². The molecule has 2 aromatic rings. The van der Waals surface area contributed by atoms with Gasteiger partial charge in [0.15, 0.2) is 5.96 Å². The van der Waals surface area contributed by atoms with Gasteiger partial charge in [-0.05, 0) is 31.0 Å². The van der Waals surface area contributed by atoms with Crippen molar-refractivity contribution in [3.05, 3.63) is 42.2 Å². The van der Waals surface area contributed by atoms with E-state index in [-0.39, 0.29) is 0 Å². The summed E-state index contributed by atoms with van der Waals surface area (Å²) in [4.78, 5) is 4.59. The minimum atomic E-state index is 0.656. The van der Waals surface area contributed by atoms with Crippen LogP contribution in [0.2, 0.25) is 0 Å². The number of nitrogens with one attached hydrogen (secondary N) is 2. The number of guanidine groups is 1. The van der Waals surface area contributed by atoms with Crippen LogP contribution in [-0.4, -0.2) is 28.8 Å². The molecule has 0 saturated carbocycles. The van der Waals surface area contributed by atoms with Crippen molar-refractivity contribution in [2.75, 3.05) is 13.1 Å². The highest BCUT2D eigenvalue weighted by molar-refractivity contribution is 5.79. The van der Waals surface area contributed by atoms with Crippen LogP contribution < -0.4 is 10.6 Å². The fraction of sp³-hybridized carbons (Fsp3) is 0.375. The fourth-order valence-electron chi connectivity index (χ4n) is 2.10. The first-order valence-electron chi connectivity index (χ1n) is 7.33. The van der Waals surface area contributed by atoms with Crippen molar-refractivity contribution in [2.24, 2.45) is 12.0 Å². The van der Waals surface area contributed by atoms with E-state index < -0.39 is 0 Å². The maximum atomic E-state index is 4.59. The van der Waals surface area contributed by atoms with Gasteiger partial charge in [-0.1, -0.05) is 18.2 Å². The summed E-state index contributed by atoms with van der Waals surface area (Å²) in [6.45, 7) is 6.51. The van der Waals surface area contributed by atoms with Gasteiger partial charge >= 0.3 is 0 Å². The van der Waals surface area contributed by atoms with Crippen molar-refractivity contribution in [1.82, 2.24) is 20.4 Å². The van der Waals surface area contributed by atoms with Gasteiger partial charge in [-0.25, -0.2) is 4.99 Å². The Morgan fingerprint density at radius 3 is 2.57 bits per heavy atom. The zero-order valence-corrected chi connectivity index (χ0v) is 12.9. The Morgan fingerprint density at radius 1 is 1.19 bits per heavy atom. The smallest absolute Gasteiger partial charge is 0.191 e. The lowest BCUT2D eigenvalue weighted by molar-refractivity contribution is 0.768. The average molecular weight is 285 g/mol. The second-order valence-electron chi connectivity index (χ2n) is 4.83. The zero-order valence-electron chi connectivity index (χ0n) is 12.9. The van der Waals surface area contributed by atoms with Crippen LogP contribution in [0.1, 0.15) is 19.4 Å². The SMILES string of the molecule is CCNC(=NCc1cccc(-c2cnn(C)c2)c1)NCC. The molecular formula is C16H23N5. The number of aryl methyl sites for hydroxylation is 1. The Labute approximate surface area is 126 Å². The third-order valence-electron chi connectivity index (χ3n) is 3.07. The first kappa shape index (κ1) is 15.1. The average Bonchev–Trinajstić information content (AvgIpc) is 2.92. The third kappa shape index (κ3) is 4.34. The van der Waals surface area contributed by atoms with E-state index in [4.69, 9.17) is 0 Å². The van der Waals surface area contributed by atoms with Crippen molar-refractivity contribution in [1.29, 1.82) is 0 Å². The predicted octanol–water partition coefficient (Wildman–Crippen LogP) is 2.16. The van der Waals surface area contributed by atoms with Crippen LogP contribution >= 0.6 is 0 Å². The Morgan fingerprint density at radius 2 is 1.95 bits per heavy atom. The van der Waals surface area contributed by atoms with Crippen LogP contribution in [0.4, 0.5) is 0 Å². The molecule has 5 heteroatoms. The Bertz CT molecular complexity index is 592. The summed E-state index contributed by atoms with van der Waals surface area (Å²) < 4.78 is 1.81. The summed E-state index contributed by atoms with van der Waals surface area (Å²) in [5.74, 6) is 0.854. The molecule has 0 bridgehead atoms. The normalized spacial score (nSPS) is 10.2. The molecule has 0 fully saturated rings. The first-order chi connectivity index (χ1) is 10.2. The monoisotopic (exact) mass is 285 g/mol. The van der Waals surface area contributed by atoms with Gasteiger partial charge < -0.3 is 10.6 Å². The third-order valence-corrected chi connectivity index (χ3v) is 3.07. The second kappa shape index (κ2) is 7.47. The summed E-state index contributed by atoms with van der Waals surface area (Å²) in [6.07, 6.45) is 3.90. The van der Waals surface area contributed by atoms with E-state index in [2.05, 4.69) is 58.8 Å². The Balaban J connectivity index is 2.12. The molecule has 0 atom stereocenters. The van der Waals surface area contributed by atoms with E-state index in [9.17, 15) is 0 Å². The lowest BCUT2D eigenvalue weighted by Gasteiger charge is -2.09. The van der Waals surface area contributed by atoms with Crippen molar-refractivity contribution in [3.63, 3.8) is 0 Å². The molecular weight excluding hydrogens is 262 g/mol. The van der Waals surface area contributed by atoms with Gasteiger partial charge in [0.25, 0.3) is 0 Å². The van der Waals surface area contributed by atoms with Crippen LogP contribution in [0, 0.1) is 0 Å². The van der Waals surface area contributed by atoms with Crippen LogP contribution in [0.5, 0.6) is 0 Å². The van der Waals surface area contributed by atoms with Gasteiger partial charge in [0, 0.05) is 31.9 Å². The van der Waals surface area contributed by atoms with Crippen LogP contribution in [0.15, 0.2) is 41.7 Å². The molecule has 1 aromatic heterocycles. The molecule has 0 amide bonds. The molecule has 0 unspecified atom stereocenters. The number of hydrogen-bond acceptors (Lipinski definition) is 2. The molecule has 1 aromatic carbocycles. The van der Waals surface area contributed by atoms with Crippen molar-refractivity contribution in [3.8, 4) is 11.1 Å². The van der Waals surface area contributed by atoms with E-state index in [0.29, 0.717) is 6.54 Å². The second-order valence-corrected chi connectivity index (χ2v) is 4.83. The molecule has 0 aliphatic heterocycles. The van der Waals surface area contributed by atoms with Gasteiger partial charge in [0.05, 0.1) is 12.7 Å². The number of nitrogens with zero attached hydrogens (tertiary/aromatic N) is 3. The fourth-order valence-corrected chi connectivity index (χ4v) is 2.10. The maximum absolute atomic E-state index is 4.59. The number of benzene rings is 1. The van der Waals surface area contributed by atoms with Crippen molar-refractivity contribution < 1.29 is 0 Å². The molecule has 0 saturated heterocycles. The topological polar surface area (TPSA) is 54.2 Å². The number of hydrogen-bond donors (Lipinski definition) is 2. The standard InChI is InChI=1S/C16H23N5/c1-4-17-16(18-5-2)19-10-13-7-6-8-14(9-13)15-11-20-21(3)12-15/h6-9,11-12H,4-5,10H2,1-3H3,(H2,17,18,19). The minimum absolute atomic E-state index is 0.656. The summed E-state index contributed by atoms with van der Waals surface area (Å²) in [7, 11) is 1.93. The van der Waals surface area contributed by atoms with Crippen LogP contribution in [-0.2, 0) is 13.6 Å². The molecule has 2 N–H and O–H groups in total. The largest absolute Gasteiger partial charge is 0.357 e. The van der Waals surface area contributed by atoms with Crippen molar-refractivity contribution >= 4 is 5.96 Å². The zero-order chi connectivity index (χ0) is 15.1. The lowest BCUT2D eigenvalue weighted by atomic mass is 10.1. The van der Waals surface area contributed by atoms with E-state index in [1.807, 2.05) is 24.1 Å². The molecule has 1 heterocycles. The van der Waals surface area contributed by atoms with Crippen LogP contribution in [0.3, 0.4) is 0 Å². The van der Waals surface area contributed by atoms with Gasteiger partial charge in [-0.15, -0.1) is 0 Å². The molecule has 21 heavy (non-hydrogen) atoms. The predicted molar refractivity (Wildman–Crippen MR) is 87.1 cm³/mol. The molecule has 0 aliphatic rings. The lowest BCUT2D eigenvalue weighted by Crippen LogP contribution is -2.36. The van der Waals surface area contributed by atoms with Crippen molar-refractivity contribution in [2.45, 2.75) is 20.4 Å². The maximum Gasteiger partial charge on any atom is 0.191 e. The van der Waals surface area contributed by atoms with E-state index in [1.165, 1.54) is 11.1 Å². The van der Waals surface area contributed by atoms with E-state index in [1.54, 1.807) is 0 Å². The number of rotatable bonds is 5.